The summed E-state index contributed by atoms with van der Waals surface area (Å²) in [6.07, 6.45) is 0. The molecular formula is C52H32Se. The fourth-order valence-corrected chi connectivity index (χ4v) is 11.0. The molecule has 10 aromatic carbocycles. The third-order valence-corrected chi connectivity index (χ3v) is 13.0. The summed E-state index contributed by atoms with van der Waals surface area (Å²) in [6, 6.07) is 41.4. The molecule has 1 heteroatoms. The fraction of sp³-hybridized carbons (Fsp3) is 0. The van der Waals surface area contributed by atoms with E-state index in [1.807, 2.05) is 72.8 Å². The van der Waals surface area contributed by atoms with E-state index in [0.29, 0.717) is 11.1 Å². The van der Waals surface area contributed by atoms with Crippen molar-refractivity contribution in [3.05, 3.63) is 194 Å². The third kappa shape index (κ3) is 4.62. The van der Waals surface area contributed by atoms with Crippen LogP contribution in [0, 0.1) is 0 Å². The van der Waals surface area contributed by atoms with Gasteiger partial charge in [0.1, 0.15) is 0 Å². The predicted molar refractivity (Wildman–Crippen MR) is 230 cm³/mol. The van der Waals surface area contributed by atoms with E-state index in [4.69, 9.17) is 13.7 Å². The molecule has 1 heterocycles. The molecule has 11 rings (SSSR count). The molecule has 11 aromatic rings. The van der Waals surface area contributed by atoms with Crippen LogP contribution < -0.4 is 0 Å². The molecule has 0 aliphatic heterocycles. The minimum absolute atomic E-state index is 0.135. The van der Waals surface area contributed by atoms with Crippen LogP contribution in [0.4, 0.5) is 0 Å². The average Bonchev–Trinajstić information content (AvgIpc) is 3.71. The Labute approximate surface area is 328 Å². The fourth-order valence-electron chi connectivity index (χ4n) is 8.38. The van der Waals surface area contributed by atoms with Crippen LogP contribution in [-0.4, -0.2) is 14.5 Å². The monoisotopic (exact) mass is 746 g/mol. The van der Waals surface area contributed by atoms with Crippen molar-refractivity contribution in [1.82, 2.24) is 0 Å². The molecular weight excluding hydrogens is 704 g/mol. The summed E-state index contributed by atoms with van der Waals surface area (Å²) in [5.74, 6) is 0. The van der Waals surface area contributed by atoms with Gasteiger partial charge in [0.15, 0.2) is 0 Å². The van der Waals surface area contributed by atoms with E-state index in [-0.39, 0.29) is 74.0 Å². The Morgan fingerprint density at radius 1 is 0.321 bits per heavy atom. The Balaban J connectivity index is 1.23. The second kappa shape index (κ2) is 12.2. The van der Waals surface area contributed by atoms with Crippen molar-refractivity contribution in [2.45, 2.75) is 0 Å². The van der Waals surface area contributed by atoms with Gasteiger partial charge in [-0.2, -0.15) is 0 Å². The van der Waals surface area contributed by atoms with E-state index in [0.717, 1.165) is 76.1 Å². The van der Waals surface area contributed by atoms with Gasteiger partial charge in [-0.05, 0) is 0 Å². The maximum atomic E-state index is 9.00. The second-order valence-corrected chi connectivity index (χ2v) is 15.4. The van der Waals surface area contributed by atoms with Gasteiger partial charge in [-0.3, -0.25) is 0 Å². The number of rotatable bonds is 4. The molecule has 0 unspecified atom stereocenters. The Hall–Kier alpha value is -6.24. The summed E-state index contributed by atoms with van der Waals surface area (Å²) in [5, 5.41) is 9.05. The molecule has 0 fully saturated rings. The summed E-state index contributed by atoms with van der Waals surface area (Å²) in [7, 11) is 0. The van der Waals surface area contributed by atoms with Crippen LogP contribution in [0.3, 0.4) is 0 Å². The van der Waals surface area contributed by atoms with Crippen LogP contribution >= 0.6 is 0 Å². The van der Waals surface area contributed by atoms with Crippen LogP contribution in [0.1, 0.15) is 13.7 Å². The summed E-state index contributed by atoms with van der Waals surface area (Å²) in [4.78, 5) is 0. The first kappa shape index (κ1) is 22.0. The molecule has 0 saturated carbocycles. The van der Waals surface area contributed by atoms with Gasteiger partial charge in [0.25, 0.3) is 0 Å². The van der Waals surface area contributed by atoms with Crippen LogP contribution in [-0.2, 0) is 0 Å². The molecule has 0 saturated heterocycles. The van der Waals surface area contributed by atoms with Crippen molar-refractivity contribution < 1.29 is 13.7 Å². The van der Waals surface area contributed by atoms with Gasteiger partial charge in [0, 0.05) is 0 Å². The van der Waals surface area contributed by atoms with E-state index in [1.54, 1.807) is 0 Å². The van der Waals surface area contributed by atoms with Crippen LogP contribution in [0.5, 0.6) is 0 Å². The molecule has 246 valence electrons. The second-order valence-electron chi connectivity index (χ2n) is 13.1. The Morgan fingerprint density at radius 3 is 1.13 bits per heavy atom. The number of fused-ring (bicyclic) bond motifs is 7. The molecule has 0 aliphatic carbocycles. The number of hydrogen-bond acceptors (Lipinski definition) is 0. The Kier molecular flexibility index (Phi) is 5.05. The predicted octanol–water partition coefficient (Wildman–Crippen LogP) is 14.3. The first-order valence-corrected chi connectivity index (χ1v) is 19.2. The standard InChI is InChI=1S/C52H32Se/c1-3-17-33(18-4-1)47-35-21-7-11-25-39(35)49(40-26-12-8-22-36(40)47)43-29-16-32-46-51(43)45-31-15-30-44(52(45)53-46)50-41-27-13-9-23-37(41)48(34-19-5-2-6-20-34)38-24-10-14-28-42(38)50/h1-32H/i1D,2D,3D,4D,5D,6D,17D,18D,19D,20D. The SMILES string of the molecule is [2H]c1c([2H])c([2H])c(-c2c3ccccc3c(-c3cccc4c3[se]c3cccc(-c5c6ccccc6c(-c6c([2H])c([2H])c([2H])c([2H])c6[2H])c6ccccc56)c34)c3ccccc23)c([2H])c1[2H]. The van der Waals surface area contributed by atoms with E-state index < -0.39 is 12.1 Å². The van der Waals surface area contributed by atoms with Gasteiger partial charge in [-0.25, -0.2) is 0 Å². The van der Waals surface area contributed by atoms with E-state index in [1.165, 1.54) is 8.52 Å². The van der Waals surface area contributed by atoms with Crippen molar-refractivity contribution in [3.8, 4) is 44.5 Å². The summed E-state index contributed by atoms with van der Waals surface area (Å²) < 4.78 is 89.2. The van der Waals surface area contributed by atoms with Crippen molar-refractivity contribution in [2.75, 3.05) is 0 Å². The van der Waals surface area contributed by atoms with Crippen LogP contribution in [0.15, 0.2) is 194 Å². The van der Waals surface area contributed by atoms with Crippen molar-refractivity contribution in [3.63, 3.8) is 0 Å². The van der Waals surface area contributed by atoms with Crippen molar-refractivity contribution >= 4 is 76.9 Å². The van der Waals surface area contributed by atoms with Gasteiger partial charge in [0.2, 0.25) is 0 Å². The first-order chi connectivity index (χ1) is 30.5. The normalized spacial score (nSPS) is 14.4. The Bertz CT molecular complexity index is 3640. The zero-order valence-electron chi connectivity index (χ0n) is 38.1. The molecule has 0 spiro atoms. The molecule has 53 heavy (non-hydrogen) atoms. The molecule has 1 aromatic heterocycles. The minimum atomic E-state index is -0.426. The van der Waals surface area contributed by atoms with Gasteiger partial charge in [0.05, 0.1) is 0 Å². The molecule has 0 N–H and O–H groups in total. The zero-order valence-corrected chi connectivity index (χ0v) is 29.8. The third-order valence-electron chi connectivity index (χ3n) is 10.4. The van der Waals surface area contributed by atoms with E-state index in [2.05, 4.69) is 60.7 Å². The molecule has 0 atom stereocenters. The maximum absolute atomic E-state index is 9.00. The van der Waals surface area contributed by atoms with Crippen molar-refractivity contribution in [1.29, 1.82) is 0 Å². The zero-order chi connectivity index (χ0) is 43.6. The van der Waals surface area contributed by atoms with Crippen LogP contribution in [0.25, 0.3) is 107 Å². The van der Waals surface area contributed by atoms with Gasteiger partial charge in [-0.1, -0.05) is 0 Å². The molecule has 0 aliphatic rings. The first-order valence-electron chi connectivity index (χ1n) is 22.5. The molecule has 0 nitrogen and oxygen atoms in total. The summed E-state index contributed by atoms with van der Waals surface area (Å²) in [6.45, 7) is 0. The molecule has 0 amide bonds. The van der Waals surface area contributed by atoms with Crippen molar-refractivity contribution in [2.24, 2.45) is 0 Å². The average molecular weight is 746 g/mol. The molecule has 0 bridgehead atoms. The Morgan fingerprint density at radius 2 is 0.679 bits per heavy atom. The molecule has 0 radical (unpaired) electrons. The van der Waals surface area contributed by atoms with Gasteiger partial charge in [-0.15, -0.1) is 0 Å². The van der Waals surface area contributed by atoms with Gasteiger partial charge >= 0.3 is 329 Å². The van der Waals surface area contributed by atoms with E-state index in [9.17, 15) is 0 Å². The number of benzene rings is 10. The van der Waals surface area contributed by atoms with Crippen LogP contribution in [0.2, 0.25) is 0 Å². The topological polar surface area (TPSA) is 0 Å². The summed E-state index contributed by atoms with van der Waals surface area (Å²) >= 11 is -0.135. The summed E-state index contributed by atoms with van der Waals surface area (Å²) in [5.41, 5.74) is 5.69. The quantitative estimate of drug-likeness (QED) is 0.124. The van der Waals surface area contributed by atoms with E-state index >= 15 is 0 Å². The number of hydrogen-bond donors (Lipinski definition) is 0. The van der Waals surface area contributed by atoms with Gasteiger partial charge < -0.3 is 0 Å².